The summed E-state index contributed by atoms with van der Waals surface area (Å²) in [6.45, 7) is 2.63. The molecule has 0 spiro atoms. The maximum absolute atomic E-state index is 12.6. The molecule has 0 amide bonds. The zero-order valence-electron chi connectivity index (χ0n) is 37.3. The first kappa shape index (κ1) is 56.9. The highest BCUT2D eigenvalue weighted by molar-refractivity contribution is 7.47. The Labute approximate surface area is 363 Å². The van der Waals surface area contributed by atoms with Crippen molar-refractivity contribution in [3.05, 3.63) is 72.9 Å². The van der Waals surface area contributed by atoms with Crippen molar-refractivity contribution < 1.29 is 47.5 Å². The number of phosphoric ester groups is 1. The molecule has 60 heavy (non-hydrogen) atoms. The molecular formula is C48H82NO10P. The van der Waals surface area contributed by atoms with Crippen LogP contribution >= 0.6 is 7.82 Å². The Balaban J connectivity index is 4.38. The van der Waals surface area contributed by atoms with Crippen molar-refractivity contribution in [2.24, 2.45) is 5.73 Å². The summed E-state index contributed by atoms with van der Waals surface area (Å²) in [6.07, 6.45) is 51.0. The Morgan fingerprint density at radius 2 is 0.933 bits per heavy atom. The summed E-state index contributed by atoms with van der Waals surface area (Å²) in [5, 5.41) is 8.90. The van der Waals surface area contributed by atoms with E-state index in [1.165, 1.54) is 57.8 Å². The van der Waals surface area contributed by atoms with Crippen LogP contribution in [0.5, 0.6) is 0 Å². The van der Waals surface area contributed by atoms with E-state index in [4.69, 9.17) is 24.8 Å². The zero-order valence-corrected chi connectivity index (χ0v) is 38.2. The summed E-state index contributed by atoms with van der Waals surface area (Å²) in [5.74, 6) is -2.42. The molecule has 12 heteroatoms. The summed E-state index contributed by atoms with van der Waals surface area (Å²) < 4.78 is 32.7. The normalized spacial score (nSPS) is 14.3. The molecule has 0 bridgehead atoms. The number of carboxylic acid groups (broad SMARTS) is 1. The van der Waals surface area contributed by atoms with Crippen LogP contribution in [0.3, 0.4) is 0 Å². The highest BCUT2D eigenvalue weighted by Crippen LogP contribution is 2.43. The Morgan fingerprint density at radius 3 is 1.40 bits per heavy atom. The van der Waals surface area contributed by atoms with Crippen LogP contribution in [-0.2, 0) is 37.5 Å². The van der Waals surface area contributed by atoms with Gasteiger partial charge in [0.25, 0.3) is 0 Å². The minimum absolute atomic E-state index is 0.129. The molecule has 0 heterocycles. The van der Waals surface area contributed by atoms with E-state index >= 15 is 0 Å². The number of carbonyl (C=O) groups is 3. The van der Waals surface area contributed by atoms with Crippen LogP contribution < -0.4 is 5.73 Å². The fourth-order valence-electron chi connectivity index (χ4n) is 5.85. The first-order valence-electron chi connectivity index (χ1n) is 23.0. The third kappa shape index (κ3) is 41.6. The smallest absolute Gasteiger partial charge is 0.472 e. The SMILES string of the molecule is CC/C=C\C/C=C\C/C=C\C/C=C\CCCCCCC(=O)OC(COC(=O)CCCCCCCCCCC/C=C\C/C=C\CCCCC)COP(=O)(O)OCC(N)C(=O)O. The van der Waals surface area contributed by atoms with Gasteiger partial charge in [-0.1, -0.05) is 157 Å². The largest absolute Gasteiger partial charge is 0.480 e. The molecule has 0 radical (unpaired) electrons. The molecule has 0 aliphatic carbocycles. The first-order valence-corrected chi connectivity index (χ1v) is 24.5. The lowest BCUT2D eigenvalue weighted by Crippen LogP contribution is -2.34. The molecule has 0 saturated heterocycles. The monoisotopic (exact) mass is 864 g/mol. The van der Waals surface area contributed by atoms with Crippen molar-refractivity contribution in [1.29, 1.82) is 0 Å². The van der Waals surface area contributed by atoms with Crippen LogP contribution in [0.4, 0.5) is 0 Å². The van der Waals surface area contributed by atoms with Gasteiger partial charge in [-0.2, -0.15) is 0 Å². The second-order valence-corrected chi connectivity index (χ2v) is 16.6. The highest BCUT2D eigenvalue weighted by Gasteiger charge is 2.28. The number of unbranched alkanes of at least 4 members (excludes halogenated alkanes) is 16. The second-order valence-electron chi connectivity index (χ2n) is 15.1. The number of phosphoric acid groups is 1. The Bertz CT molecular complexity index is 1290. The number of nitrogens with two attached hydrogens (primary N) is 1. The predicted molar refractivity (Wildman–Crippen MR) is 244 cm³/mol. The van der Waals surface area contributed by atoms with E-state index in [0.29, 0.717) is 12.8 Å². The van der Waals surface area contributed by atoms with Crippen molar-refractivity contribution in [3.8, 4) is 0 Å². The van der Waals surface area contributed by atoms with E-state index in [-0.39, 0.29) is 19.4 Å². The molecule has 3 unspecified atom stereocenters. The van der Waals surface area contributed by atoms with Gasteiger partial charge in [-0.05, 0) is 83.5 Å². The van der Waals surface area contributed by atoms with Gasteiger partial charge in [0, 0.05) is 12.8 Å². The number of carbonyl (C=O) groups excluding carboxylic acids is 2. The van der Waals surface area contributed by atoms with E-state index < -0.39 is 51.1 Å². The summed E-state index contributed by atoms with van der Waals surface area (Å²) in [5.41, 5.74) is 5.34. The first-order chi connectivity index (χ1) is 29.1. The van der Waals surface area contributed by atoms with E-state index in [2.05, 4.69) is 91.3 Å². The molecule has 0 saturated carbocycles. The number of hydrogen-bond acceptors (Lipinski definition) is 9. The Hall–Kier alpha value is -3.08. The number of rotatable bonds is 42. The van der Waals surface area contributed by atoms with Gasteiger partial charge < -0.3 is 25.2 Å². The van der Waals surface area contributed by atoms with Crippen LogP contribution in [0, 0.1) is 0 Å². The zero-order chi connectivity index (χ0) is 44.2. The van der Waals surface area contributed by atoms with Gasteiger partial charge in [0.05, 0.1) is 13.2 Å². The van der Waals surface area contributed by atoms with Crippen molar-refractivity contribution in [2.45, 2.75) is 193 Å². The van der Waals surface area contributed by atoms with Crippen LogP contribution in [0.1, 0.15) is 181 Å². The Morgan fingerprint density at radius 1 is 0.533 bits per heavy atom. The molecule has 0 aromatic heterocycles. The van der Waals surface area contributed by atoms with E-state index in [1.54, 1.807) is 0 Å². The molecule has 11 nitrogen and oxygen atoms in total. The van der Waals surface area contributed by atoms with Crippen molar-refractivity contribution in [3.63, 3.8) is 0 Å². The minimum Gasteiger partial charge on any atom is -0.480 e. The molecule has 0 rings (SSSR count). The number of hydrogen-bond donors (Lipinski definition) is 3. The quantitative estimate of drug-likeness (QED) is 0.0231. The number of ether oxygens (including phenoxy) is 2. The summed E-state index contributed by atoms with van der Waals surface area (Å²) in [7, 11) is -4.73. The molecule has 0 aliphatic rings. The van der Waals surface area contributed by atoms with Gasteiger partial charge in [0.2, 0.25) is 0 Å². The summed E-state index contributed by atoms with van der Waals surface area (Å²) in [4.78, 5) is 46.0. The topological polar surface area (TPSA) is 172 Å². The van der Waals surface area contributed by atoms with Crippen LogP contribution in [0.25, 0.3) is 0 Å². The molecule has 3 atom stereocenters. The second kappa shape index (κ2) is 42.6. The number of aliphatic carboxylic acids is 1. The number of carboxylic acids is 1. The molecule has 344 valence electrons. The van der Waals surface area contributed by atoms with E-state index in [9.17, 15) is 23.8 Å². The van der Waals surface area contributed by atoms with Gasteiger partial charge in [-0.25, -0.2) is 4.57 Å². The van der Waals surface area contributed by atoms with Gasteiger partial charge in [-0.15, -0.1) is 0 Å². The van der Waals surface area contributed by atoms with Crippen molar-refractivity contribution in [1.82, 2.24) is 0 Å². The lowest BCUT2D eigenvalue weighted by atomic mass is 10.1. The molecule has 4 N–H and O–H groups in total. The van der Waals surface area contributed by atoms with Gasteiger partial charge in [0.15, 0.2) is 6.10 Å². The van der Waals surface area contributed by atoms with Crippen molar-refractivity contribution >= 4 is 25.7 Å². The fraction of sp³-hybridized carbons (Fsp3) is 0.688. The van der Waals surface area contributed by atoms with Gasteiger partial charge in [-0.3, -0.25) is 23.4 Å². The van der Waals surface area contributed by atoms with Crippen LogP contribution in [0.15, 0.2) is 72.9 Å². The van der Waals surface area contributed by atoms with E-state index in [1.807, 2.05) is 0 Å². The molecular weight excluding hydrogens is 781 g/mol. The maximum atomic E-state index is 12.6. The summed E-state index contributed by atoms with van der Waals surface area (Å²) >= 11 is 0. The third-order valence-electron chi connectivity index (χ3n) is 9.44. The minimum atomic E-state index is -4.73. The summed E-state index contributed by atoms with van der Waals surface area (Å²) in [6, 6.07) is -1.53. The maximum Gasteiger partial charge on any atom is 0.472 e. The molecule has 0 aliphatic heterocycles. The average Bonchev–Trinajstić information content (AvgIpc) is 3.22. The predicted octanol–water partition coefficient (Wildman–Crippen LogP) is 12.5. The lowest BCUT2D eigenvalue weighted by molar-refractivity contribution is -0.161. The van der Waals surface area contributed by atoms with Crippen LogP contribution in [-0.4, -0.2) is 59.9 Å². The molecule has 0 aromatic rings. The van der Waals surface area contributed by atoms with Crippen molar-refractivity contribution in [2.75, 3.05) is 19.8 Å². The highest BCUT2D eigenvalue weighted by atomic mass is 31.2. The molecule has 0 aromatic carbocycles. The lowest BCUT2D eigenvalue weighted by Gasteiger charge is -2.20. The van der Waals surface area contributed by atoms with E-state index in [0.717, 1.165) is 83.5 Å². The number of allylic oxidation sites excluding steroid dienone is 12. The van der Waals surface area contributed by atoms with Crippen LogP contribution in [0.2, 0.25) is 0 Å². The standard InChI is InChI=1S/C48H82NO10P/c1-3-5-7-9-11-13-15-17-19-21-22-24-25-27-29-31-33-35-37-39-46(50)56-41-44(42-57-60(54,55)58-43-45(49)48(52)53)59-47(51)40-38-36-34-32-30-28-26-23-20-18-16-14-12-10-8-6-4-2/h6,8,11-14,17-20,26,28,44-45H,3-5,7,9-10,15-16,21-25,27,29-43,49H2,1-2H3,(H,52,53)(H,54,55)/b8-6-,13-11-,14-12-,19-17-,20-18-,28-26-. The Kier molecular flexibility index (Phi) is 40.4. The van der Waals surface area contributed by atoms with Gasteiger partial charge in [0.1, 0.15) is 12.6 Å². The number of esters is 2. The molecule has 0 fully saturated rings. The van der Waals surface area contributed by atoms with Gasteiger partial charge >= 0.3 is 25.7 Å². The average molecular weight is 864 g/mol. The fourth-order valence-corrected chi connectivity index (χ4v) is 6.63. The third-order valence-corrected chi connectivity index (χ3v) is 10.4.